The fourth-order valence-corrected chi connectivity index (χ4v) is 7.38. The number of aliphatic imine (C=N–C) groups is 1. The monoisotopic (exact) mass is 633 g/mol. The van der Waals surface area contributed by atoms with Crippen molar-refractivity contribution in [1.82, 2.24) is 9.97 Å². The van der Waals surface area contributed by atoms with E-state index in [4.69, 9.17) is 9.15 Å². The van der Waals surface area contributed by atoms with Crippen LogP contribution in [0.15, 0.2) is 21.5 Å². The van der Waals surface area contributed by atoms with Crippen molar-refractivity contribution in [3.63, 3.8) is 0 Å². The molecule has 1 aliphatic rings. The van der Waals surface area contributed by atoms with Crippen LogP contribution in [0, 0.1) is 96.9 Å². The van der Waals surface area contributed by atoms with Crippen molar-refractivity contribution < 1.29 is 9.15 Å². The molecule has 0 atom stereocenters. The van der Waals surface area contributed by atoms with Crippen molar-refractivity contribution in [3.8, 4) is 5.75 Å². The number of aryl methyl sites for hydroxylation is 8. The summed E-state index contributed by atoms with van der Waals surface area (Å²) >= 11 is 1.79. The van der Waals surface area contributed by atoms with Crippen molar-refractivity contribution in [3.05, 3.63) is 89.8 Å². The van der Waals surface area contributed by atoms with Crippen LogP contribution < -0.4 is 4.74 Å². The highest BCUT2D eigenvalue weighted by atomic mass is 32.1. The summed E-state index contributed by atoms with van der Waals surface area (Å²) in [6, 6.07) is 4.26. The smallest absolute Gasteiger partial charge is 0.192 e. The zero-order valence-electron chi connectivity index (χ0n) is 30.2. The number of benzene rings is 4. The van der Waals surface area contributed by atoms with Gasteiger partial charge in [-0.25, -0.2) is 15.0 Å². The second-order valence-electron chi connectivity index (χ2n) is 13.0. The maximum absolute atomic E-state index is 5.97. The van der Waals surface area contributed by atoms with Gasteiger partial charge in [-0.2, -0.15) is 0 Å². The molecular formula is C40H47N3O2S. The minimum Gasteiger partial charge on any atom is -0.442 e. The summed E-state index contributed by atoms with van der Waals surface area (Å²) in [6.45, 7) is 31.8. The van der Waals surface area contributed by atoms with Gasteiger partial charge >= 0.3 is 0 Å². The highest BCUT2D eigenvalue weighted by Crippen LogP contribution is 2.47. The molecule has 1 aliphatic heterocycles. The van der Waals surface area contributed by atoms with Gasteiger partial charge in [-0.3, -0.25) is 0 Å². The van der Waals surface area contributed by atoms with Gasteiger partial charge < -0.3 is 9.15 Å². The van der Waals surface area contributed by atoms with Crippen LogP contribution in [0.2, 0.25) is 0 Å². The Bertz CT molecular complexity index is 2130. The van der Waals surface area contributed by atoms with Gasteiger partial charge in [0.25, 0.3) is 0 Å². The molecule has 6 aromatic rings. The molecule has 0 fully saturated rings. The average molecular weight is 634 g/mol. The van der Waals surface area contributed by atoms with Crippen LogP contribution >= 0.6 is 11.3 Å². The van der Waals surface area contributed by atoms with Gasteiger partial charge in [0.05, 0.1) is 26.3 Å². The summed E-state index contributed by atoms with van der Waals surface area (Å²) < 4.78 is 12.8. The van der Waals surface area contributed by atoms with E-state index in [1.54, 1.807) is 11.3 Å². The van der Waals surface area contributed by atoms with Crippen LogP contribution in [0.3, 0.4) is 0 Å². The lowest BCUT2D eigenvalue weighted by atomic mass is 9.87. The fraction of sp³-hybridized carbons (Fsp3) is 0.375. The Morgan fingerprint density at radius 3 is 1.72 bits per heavy atom. The molecule has 0 saturated heterocycles. The van der Waals surface area contributed by atoms with Crippen LogP contribution in [0.5, 0.6) is 5.75 Å². The first-order valence-corrected chi connectivity index (χ1v) is 16.8. The Balaban J connectivity index is 0.000000141. The van der Waals surface area contributed by atoms with Crippen LogP contribution in [-0.2, 0) is 0 Å². The topological polar surface area (TPSA) is 60.5 Å². The maximum atomic E-state index is 5.97. The molecule has 3 heterocycles. The number of nitrogens with zero attached hydrogens (tertiary/aromatic N) is 3. The molecule has 0 N–H and O–H groups in total. The molecule has 0 radical (unpaired) electrons. The molecule has 0 saturated carbocycles. The summed E-state index contributed by atoms with van der Waals surface area (Å²) in [5.74, 6) is 2.47. The number of fused-ring (bicyclic) bond motifs is 2. The molecule has 4 aromatic carbocycles. The van der Waals surface area contributed by atoms with Gasteiger partial charge in [-0.05, 0) is 174 Å². The third-order valence-corrected chi connectivity index (χ3v) is 11.3. The predicted octanol–water partition coefficient (Wildman–Crippen LogP) is 11.7. The molecule has 2 aromatic heterocycles. The lowest BCUT2D eigenvalue weighted by molar-refractivity contribution is 0.544. The molecule has 7 rings (SSSR count). The summed E-state index contributed by atoms with van der Waals surface area (Å²) in [7, 11) is 0. The van der Waals surface area contributed by atoms with E-state index in [0.29, 0.717) is 0 Å². The van der Waals surface area contributed by atoms with E-state index in [1.807, 2.05) is 13.8 Å². The summed E-state index contributed by atoms with van der Waals surface area (Å²) in [4.78, 5) is 13.5. The van der Waals surface area contributed by atoms with Gasteiger partial charge in [0.15, 0.2) is 17.4 Å². The predicted molar refractivity (Wildman–Crippen MR) is 197 cm³/mol. The second kappa shape index (κ2) is 12.3. The molecular weight excluding hydrogens is 587 g/mol. The number of hydrogen-bond acceptors (Lipinski definition) is 6. The van der Waals surface area contributed by atoms with E-state index in [1.165, 1.54) is 82.2 Å². The lowest BCUT2D eigenvalue weighted by Crippen LogP contribution is -2.11. The zero-order valence-corrected chi connectivity index (χ0v) is 31.0. The number of oxazole rings is 1. The summed E-state index contributed by atoms with van der Waals surface area (Å²) in [6.07, 6.45) is 0. The zero-order chi connectivity index (χ0) is 33.9. The van der Waals surface area contributed by atoms with E-state index in [2.05, 4.69) is 117 Å². The van der Waals surface area contributed by atoms with Crippen LogP contribution in [0.4, 0.5) is 5.69 Å². The number of hydrogen-bond donors (Lipinski definition) is 0. The van der Waals surface area contributed by atoms with Gasteiger partial charge in [0.1, 0.15) is 11.3 Å². The Labute approximate surface area is 277 Å². The Morgan fingerprint density at radius 1 is 0.522 bits per heavy atom. The number of ether oxygens (including phenoxy) is 1. The number of rotatable bonds is 0. The highest BCUT2D eigenvalue weighted by molar-refractivity contribution is 7.18. The van der Waals surface area contributed by atoms with Crippen LogP contribution in [0.25, 0.3) is 32.1 Å². The fourth-order valence-electron chi connectivity index (χ4n) is 6.43. The average Bonchev–Trinajstić information content (AvgIpc) is 3.57. The maximum Gasteiger partial charge on any atom is 0.192 e. The molecule has 0 aliphatic carbocycles. The quantitative estimate of drug-likeness (QED) is 0.167. The Kier molecular flexibility index (Phi) is 8.91. The van der Waals surface area contributed by atoms with Gasteiger partial charge in [0.2, 0.25) is 0 Å². The molecule has 0 unspecified atom stereocenters. The molecule has 0 amide bonds. The largest absolute Gasteiger partial charge is 0.442 e. The molecule has 5 nitrogen and oxygen atoms in total. The normalized spacial score (nSPS) is 12.1. The number of thiazole rings is 1. The highest BCUT2D eigenvalue weighted by Gasteiger charge is 2.24. The van der Waals surface area contributed by atoms with E-state index < -0.39 is 0 Å². The van der Waals surface area contributed by atoms with E-state index >= 15 is 0 Å². The third-order valence-electron chi connectivity index (χ3n) is 10.1. The van der Waals surface area contributed by atoms with Crippen LogP contribution in [0.1, 0.15) is 84.6 Å². The summed E-state index contributed by atoms with van der Waals surface area (Å²) in [5.41, 5.74) is 19.9. The molecule has 46 heavy (non-hydrogen) atoms. The first kappa shape index (κ1) is 33.3. The Hall–Kier alpha value is -4.03. The first-order valence-electron chi connectivity index (χ1n) is 16.0. The van der Waals surface area contributed by atoms with Crippen molar-refractivity contribution in [2.45, 2.75) is 104 Å². The van der Waals surface area contributed by atoms with Crippen molar-refractivity contribution in [2.24, 2.45) is 4.99 Å². The molecule has 240 valence electrons. The van der Waals surface area contributed by atoms with E-state index in [0.717, 1.165) is 44.8 Å². The Morgan fingerprint density at radius 2 is 1.09 bits per heavy atom. The minimum atomic E-state index is 0.733. The second-order valence-corrected chi connectivity index (χ2v) is 14.2. The third kappa shape index (κ3) is 5.62. The molecule has 6 heteroatoms. The van der Waals surface area contributed by atoms with Crippen LogP contribution in [-0.4, -0.2) is 15.9 Å². The molecule has 0 bridgehead atoms. The molecule has 0 spiro atoms. The van der Waals surface area contributed by atoms with Crippen molar-refractivity contribution in [1.29, 1.82) is 0 Å². The number of aromatic nitrogens is 2. The lowest BCUT2D eigenvalue weighted by Gasteiger charge is -2.25. The standard InChI is InChI=1S/C18H21NO.C11H13NO.C11H13NS/c1-8-10(3)15-11(4)9(2)13(6)18-16(15)17(12(8)5)19-14(7)20-18;2*1-6-5-10-11(8(3)7(6)2)13-9(4)12-10/h1-7H3;2*5H,1-4H3. The van der Waals surface area contributed by atoms with Gasteiger partial charge in [-0.15, -0.1) is 11.3 Å². The van der Waals surface area contributed by atoms with Gasteiger partial charge in [0, 0.05) is 13.8 Å². The SMILES string of the molecule is CC1=Nc2c(C)c(C)c(C)c3c(C)c(C)c(C)c(c23)O1.Cc1nc2cc(C)c(C)c(C)c2o1.Cc1nc2cc(C)c(C)c(C)c2s1. The van der Waals surface area contributed by atoms with E-state index in [-0.39, 0.29) is 0 Å². The minimum absolute atomic E-state index is 0.733. The van der Waals surface area contributed by atoms with Crippen molar-refractivity contribution >= 4 is 55.0 Å². The van der Waals surface area contributed by atoms with Gasteiger partial charge in [-0.1, -0.05) is 0 Å². The van der Waals surface area contributed by atoms with E-state index in [9.17, 15) is 0 Å². The van der Waals surface area contributed by atoms with Crippen molar-refractivity contribution in [2.75, 3.05) is 0 Å². The summed E-state index contributed by atoms with van der Waals surface area (Å²) in [5, 5.41) is 3.66. The first-order chi connectivity index (χ1) is 21.5.